The van der Waals surface area contributed by atoms with Gasteiger partial charge < -0.3 is 5.73 Å². The Morgan fingerprint density at radius 3 is 2.81 bits per heavy atom. The van der Waals surface area contributed by atoms with Crippen LogP contribution in [0.4, 0.5) is 0 Å². The van der Waals surface area contributed by atoms with Gasteiger partial charge in [0, 0.05) is 17.8 Å². The highest BCUT2D eigenvalue weighted by Gasteiger charge is 2.01. The van der Waals surface area contributed by atoms with Crippen molar-refractivity contribution in [3.05, 3.63) is 42.2 Å². The van der Waals surface area contributed by atoms with E-state index in [2.05, 4.69) is 34.5 Å². The van der Waals surface area contributed by atoms with Crippen LogP contribution in [0.1, 0.15) is 12.5 Å². The van der Waals surface area contributed by atoms with Gasteiger partial charge in [0.25, 0.3) is 0 Å². The molecule has 0 amide bonds. The maximum absolute atomic E-state index is 5.77. The summed E-state index contributed by atoms with van der Waals surface area (Å²) in [7, 11) is 0. The average molecular weight is 238 g/mol. The molecule has 0 saturated heterocycles. The van der Waals surface area contributed by atoms with Gasteiger partial charge >= 0.3 is 0 Å². The molecule has 0 spiro atoms. The molecule has 0 bridgehead atoms. The molecule has 16 heavy (non-hydrogen) atoms. The average Bonchev–Trinajstić information content (AvgIpc) is 2.69. The number of H-pyrrole nitrogens is 1. The maximum atomic E-state index is 5.77. The molecule has 0 aliphatic heterocycles. The first-order valence-electron chi connectivity index (χ1n) is 5.09. The maximum Gasteiger partial charge on any atom is 0.0565 e. The van der Waals surface area contributed by atoms with Crippen molar-refractivity contribution in [1.29, 1.82) is 0 Å². The molecule has 0 fully saturated rings. The van der Waals surface area contributed by atoms with Gasteiger partial charge in [0.05, 0.1) is 6.20 Å². The van der Waals surface area contributed by atoms with Gasteiger partial charge in [0.2, 0.25) is 0 Å². The number of benzene rings is 1. The van der Waals surface area contributed by atoms with Crippen LogP contribution in [0.5, 0.6) is 0 Å². The summed E-state index contributed by atoms with van der Waals surface area (Å²) in [5.41, 5.74) is 9.34. The van der Waals surface area contributed by atoms with E-state index in [-0.39, 0.29) is 18.4 Å². The van der Waals surface area contributed by atoms with E-state index in [4.69, 9.17) is 5.73 Å². The molecule has 0 saturated carbocycles. The summed E-state index contributed by atoms with van der Waals surface area (Å²) < 4.78 is 0. The zero-order valence-electron chi connectivity index (χ0n) is 9.18. The first kappa shape index (κ1) is 12.7. The summed E-state index contributed by atoms with van der Waals surface area (Å²) in [6.45, 7) is 2.02. The molecule has 2 rings (SSSR count). The van der Waals surface area contributed by atoms with Crippen molar-refractivity contribution >= 4 is 12.4 Å². The standard InChI is InChI=1S/C12H15N3.ClH/c1-9(13)5-10-3-2-4-11(6-10)12-7-14-15-8-12;/h2-4,6-9H,5,13H2,1H3,(H,14,15);1H. The Morgan fingerprint density at radius 1 is 1.38 bits per heavy atom. The number of hydrogen-bond donors (Lipinski definition) is 2. The van der Waals surface area contributed by atoms with Gasteiger partial charge in [-0.25, -0.2) is 0 Å². The second-order valence-corrected chi connectivity index (χ2v) is 3.87. The molecule has 86 valence electrons. The lowest BCUT2D eigenvalue weighted by Gasteiger charge is -2.06. The molecule has 2 aromatic rings. The minimum atomic E-state index is 0. The van der Waals surface area contributed by atoms with Crippen LogP contribution < -0.4 is 5.73 Å². The Balaban J connectivity index is 0.00000128. The molecule has 1 aromatic heterocycles. The fourth-order valence-electron chi connectivity index (χ4n) is 1.66. The van der Waals surface area contributed by atoms with Crippen LogP contribution in [0.25, 0.3) is 11.1 Å². The summed E-state index contributed by atoms with van der Waals surface area (Å²) in [4.78, 5) is 0. The van der Waals surface area contributed by atoms with E-state index in [1.807, 2.05) is 19.3 Å². The lowest BCUT2D eigenvalue weighted by atomic mass is 10.0. The van der Waals surface area contributed by atoms with Gasteiger partial charge in [-0.1, -0.05) is 24.3 Å². The molecule has 0 aliphatic rings. The highest BCUT2D eigenvalue weighted by Crippen LogP contribution is 2.19. The van der Waals surface area contributed by atoms with E-state index in [1.54, 1.807) is 0 Å². The van der Waals surface area contributed by atoms with Crippen LogP contribution in [0.3, 0.4) is 0 Å². The predicted octanol–water partition coefficient (Wildman–Crippen LogP) is 2.39. The largest absolute Gasteiger partial charge is 0.328 e. The zero-order chi connectivity index (χ0) is 10.7. The molecular weight excluding hydrogens is 222 g/mol. The molecule has 1 atom stereocenters. The normalized spacial score (nSPS) is 11.9. The third kappa shape index (κ3) is 3.08. The fourth-order valence-corrected chi connectivity index (χ4v) is 1.66. The number of nitrogens with one attached hydrogen (secondary N) is 1. The van der Waals surface area contributed by atoms with Crippen LogP contribution in [-0.4, -0.2) is 16.2 Å². The zero-order valence-corrected chi connectivity index (χ0v) is 10.00. The highest BCUT2D eigenvalue weighted by molar-refractivity contribution is 5.85. The predicted molar refractivity (Wildman–Crippen MR) is 68.6 cm³/mol. The van der Waals surface area contributed by atoms with E-state index in [0.717, 1.165) is 12.0 Å². The van der Waals surface area contributed by atoms with Crippen LogP contribution >= 0.6 is 12.4 Å². The van der Waals surface area contributed by atoms with Crippen molar-refractivity contribution in [3.63, 3.8) is 0 Å². The van der Waals surface area contributed by atoms with Gasteiger partial charge in [0.1, 0.15) is 0 Å². The Labute approximate surface area is 101 Å². The van der Waals surface area contributed by atoms with E-state index < -0.39 is 0 Å². The van der Waals surface area contributed by atoms with Crippen molar-refractivity contribution < 1.29 is 0 Å². The number of aromatic nitrogens is 2. The Kier molecular flexibility index (Phi) is 4.52. The molecule has 1 unspecified atom stereocenters. The topological polar surface area (TPSA) is 54.7 Å². The Bertz CT molecular complexity index is 424. The molecule has 3 nitrogen and oxygen atoms in total. The number of hydrogen-bond acceptors (Lipinski definition) is 2. The number of aromatic amines is 1. The van der Waals surface area contributed by atoms with E-state index in [1.165, 1.54) is 11.1 Å². The fraction of sp³-hybridized carbons (Fsp3) is 0.250. The monoisotopic (exact) mass is 237 g/mol. The summed E-state index contributed by atoms with van der Waals surface area (Å²) in [6, 6.07) is 8.60. The lowest BCUT2D eigenvalue weighted by Crippen LogP contribution is -2.17. The molecule has 4 heteroatoms. The minimum Gasteiger partial charge on any atom is -0.328 e. The van der Waals surface area contributed by atoms with Crippen molar-refractivity contribution in [2.75, 3.05) is 0 Å². The third-order valence-electron chi connectivity index (χ3n) is 2.32. The van der Waals surface area contributed by atoms with Crippen LogP contribution in [0, 0.1) is 0 Å². The number of rotatable bonds is 3. The van der Waals surface area contributed by atoms with Crippen molar-refractivity contribution in [3.8, 4) is 11.1 Å². The van der Waals surface area contributed by atoms with Crippen molar-refractivity contribution in [2.24, 2.45) is 5.73 Å². The molecule has 1 aromatic carbocycles. The van der Waals surface area contributed by atoms with Gasteiger partial charge in [0.15, 0.2) is 0 Å². The van der Waals surface area contributed by atoms with Crippen molar-refractivity contribution in [2.45, 2.75) is 19.4 Å². The van der Waals surface area contributed by atoms with Crippen LogP contribution in [-0.2, 0) is 6.42 Å². The van der Waals surface area contributed by atoms with Crippen molar-refractivity contribution in [1.82, 2.24) is 10.2 Å². The smallest absolute Gasteiger partial charge is 0.0565 e. The van der Waals surface area contributed by atoms with Gasteiger partial charge in [-0.3, -0.25) is 5.10 Å². The Hall–Kier alpha value is -1.32. The van der Waals surface area contributed by atoms with Gasteiger partial charge in [-0.05, 0) is 24.5 Å². The molecule has 0 aliphatic carbocycles. The number of nitrogens with two attached hydrogens (primary N) is 1. The second-order valence-electron chi connectivity index (χ2n) is 3.87. The summed E-state index contributed by atoms with van der Waals surface area (Å²) in [5.74, 6) is 0. The molecular formula is C12H16ClN3. The first-order valence-corrected chi connectivity index (χ1v) is 5.09. The minimum absolute atomic E-state index is 0. The van der Waals surface area contributed by atoms with E-state index >= 15 is 0 Å². The van der Waals surface area contributed by atoms with Gasteiger partial charge in [-0.2, -0.15) is 5.10 Å². The molecule has 0 radical (unpaired) electrons. The number of halogens is 1. The van der Waals surface area contributed by atoms with E-state index in [0.29, 0.717) is 0 Å². The Morgan fingerprint density at radius 2 is 2.19 bits per heavy atom. The van der Waals surface area contributed by atoms with Crippen LogP contribution in [0.15, 0.2) is 36.7 Å². The first-order chi connectivity index (χ1) is 7.25. The van der Waals surface area contributed by atoms with Crippen LogP contribution in [0.2, 0.25) is 0 Å². The lowest BCUT2D eigenvalue weighted by molar-refractivity contribution is 0.738. The summed E-state index contributed by atoms with van der Waals surface area (Å²) in [5, 5.41) is 6.75. The molecule has 1 heterocycles. The SMILES string of the molecule is CC(N)Cc1cccc(-c2cn[nH]c2)c1.Cl. The molecule has 3 N–H and O–H groups in total. The summed E-state index contributed by atoms with van der Waals surface area (Å²) >= 11 is 0. The van der Waals surface area contributed by atoms with Gasteiger partial charge in [-0.15, -0.1) is 12.4 Å². The summed E-state index contributed by atoms with van der Waals surface area (Å²) in [6.07, 6.45) is 4.63. The number of nitrogens with zero attached hydrogens (tertiary/aromatic N) is 1. The second kappa shape index (κ2) is 5.68. The third-order valence-corrected chi connectivity index (χ3v) is 2.32. The highest BCUT2D eigenvalue weighted by atomic mass is 35.5. The van der Waals surface area contributed by atoms with E-state index in [9.17, 15) is 0 Å². The quantitative estimate of drug-likeness (QED) is 0.861.